The molecule has 0 aliphatic carbocycles. The highest BCUT2D eigenvalue weighted by molar-refractivity contribution is 7.80. The lowest BCUT2D eigenvalue weighted by Gasteiger charge is -2.29. The number of amidine groups is 1. The van der Waals surface area contributed by atoms with Crippen molar-refractivity contribution in [2.75, 3.05) is 13.1 Å². The molecule has 0 radical (unpaired) electrons. The summed E-state index contributed by atoms with van der Waals surface area (Å²) in [5.74, 6) is 0.350. The van der Waals surface area contributed by atoms with Crippen molar-refractivity contribution in [3.63, 3.8) is 0 Å². The van der Waals surface area contributed by atoms with Gasteiger partial charge in [0.05, 0.1) is 12.1 Å². The third-order valence-corrected chi connectivity index (χ3v) is 3.53. The SMILES string of the molecule is CCN=C(N)[C@@H]1CC[C@@H]2CN1C(=O)N2OS(=O)(=O)O. The van der Waals surface area contributed by atoms with Crippen LogP contribution in [-0.4, -0.2) is 60.0 Å². The zero-order valence-electron chi connectivity index (χ0n) is 10.4. The molecule has 0 unspecified atom stereocenters. The maximum absolute atomic E-state index is 12.0. The van der Waals surface area contributed by atoms with Gasteiger partial charge in [0.15, 0.2) is 0 Å². The monoisotopic (exact) mass is 292 g/mol. The van der Waals surface area contributed by atoms with Crippen molar-refractivity contribution in [2.24, 2.45) is 10.7 Å². The number of hydroxylamine groups is 2. The molecule has 2 bridgehead atoms. The maximum atomic E-state index is 12.0. The van der Waals surface area contributed by atoms with Crippen molar-refractivity contribution in [2.45, 2.75) is 31.8 Å². The Kier molecular flexibility index (Phi) is 3.65. The van der Waals surface area contributed by atoms with Crippen molar-refractivity contribution in [1.82, 2.24) is 9.96 Å². The number of amides is 2. The second kappa shape index (κ2) is 4.94. The van der Waals surface area contributed by atoms with Crippen molar-refractivity contribution < 1.29 is 22.0 Å². The molecule has 2 aliphatic heterocycles. The molecule has 0 saturated carbocycles. The normalized spacial score (nSPS) is 28.1. The number of fused-ring (bicyclic) bond motifs is 2. The highest BCUT2D eigenvalue weighted by atomic mass is 32.3. The Morgan fingerprint density at radius 3 is 2.84 bits per heavy atom. The van der Waals surface area contributed by atoms with E-state index in [0.29, 0.717) is 36.8 Å². The molecule has 19 heavy (non-hydrogen) atoms. The standard InChI is InChI=1S/C9H16N4O5S/c1-2-11-8(10)7-4-3-6-5-12(7)9(14)13(6)18-19(15,16)17/h6-7H,2-5H2,1H3,(H2,10,11)(H,15,16,17)/t6-,7+/m1/s1. The fourth-order valence-electron chi connectivity index (χ4n) is 2.43. The van der Waals surface area contributed by atoms with E-state index in [0.717, 1.165) is 0 Å². The molecule has 2 heterocycles. The quantitative estimate of drug-likeness (QED) is 0.403. The van der Waals surface area contributed by atoms with Gasteiger partial charge < -0.3 is 10.6 Å². The van der Waals surface area contributed by atoms with Crippen LogP contribution in [0.25, 0.3) is 0 Å². The number of carbonyl (C=O) groups excluding carboxylic acids is 1. The van der Waals surface area contributed by atoms with Gasteiger partial charge in [0.25, 0.3) is 0 Å². The summed E-state index contributed by atoms with van der Waals surface area (Å²) in [6.07, 6.45) is 1.11. The van der Waals surface area contributed by atoms with E-state index in [1.54, 1.807) is 0 Å². The number of nitrogens with zero attached hydrogens (tertiary/aromatic N) is 3. The van der Waals surface area contributed by atoms with Gasteiger partial charge in [-0.05, 0) is 19.8 Å². The minimum Gasteiger partial charge on any atom is -0.386 e. The van der Waals surface area contributed by atoms with Crippen molar-refractivity contribution >= 4 is 22.3 Å². The molecule has 108 valence electrons. The molecule has 0 aromatic carbocycles. The smallest absolute Gasteiger partial charge is 0.386 e. The molecule has 0 spiro atoms. The van der Waals surface area contributed by atoms with E-state index in [-0.39, 0.29) is 6.04 Å². The average molecular weight is 292 g/mol. The fraction of sp³-hybridized carbons (Fsp3) is 0.778. The molecule has 3 N–H and O–H groups in total. The van der Waals surface area contributed by atoms with Gasteiger partial charge in [-0.25, -0.2) is 4.79 Å². The largest absolute Gasteiger partial charge is 0.418 e. The molecule has 2 rings (SSSR count). The third kappa shape index (κ3) is 2.80. The Morgan fingerprint density at radius 2 is 2.26 bits per heavy atom. The maximum Gasteiger partial charge on any atom is 0.418 e. The van der Waals surface area contributed by atoms with Crippen LogP contribution in [0.15, 0.2) is 4.99 Å². The molecule has 2 amide bonds. The lowest BCUT2D eigenvalue weighted by Crippen LogP contribution is -2.48. The van der Waals surface area contributed by atoms with Crippen LogP contribution in [0.3, 0.4) is 0 Å². The average Bonchev–Trinajstić information content (AvgIpc) is 2.53. The van der Waals surface area contributed by atoms with E-state index in [1.807, 2.05) is 6.92 Å². The van der Waals surface area contributed by atoms with Gasteiger partial charge >= 0.3 is 16.4 Å². The van der Waals surface area contributed by atoms with Gasteiger partial charge in [0, 0.05) is 13.1 Å². The van der Waals surface area contributed by atoms with Crippen LogP contribution in [0, 0.1) is 0 Å². The first-order chi connectivity index (χ1) is 8.83. The van der Waals surface area contributed by atoms with Crippen molar-refractivity contribution in [3.05, 3.63) is 0 Å². The molecule has 2 atom stereocenters. The van der Waals surface area contributed by atoms with Crippen molar-refractivity contribution in [1.29, 1.82) is 0 Å². The number of nitrogens with two attached hydrogens (primary N) is 1. The Morgan fingerprint density at radius 1 is 1.58 bits per heavy atom. The first-order valence-electron chi connectivity index (χ1n) is 5.90. The van der Waals surface area contributed by atoms with Gasteiger partial charge in [-0.3, -0.25) is 9.55 Å². The van der Waals surface area contributed by atoms with Gasteiger partial charge in [-0.2, -0.15) is 13.5 Å². The van der Waals surface area contributed by atoms with Crippen molar-refractivity contribution in [3.8, 4) is 0 Å². The van der Waals surface area contributed by atoms with E-state index in [9.17, 15) is 13.2 Å². The number of carbonyl (C=O) groups is 1. The van der Waals surface area contributed by atoms with Crippen LogP contribution >= 0.6 is 0 Å². The Labute approximate surface area is 110 Å². The first kappa shape index (κ1) is 14.0. The van der Waals surface area contributed by atoms with Gasteiger partial charge in [0.2, 0.25) is 0 Å². The second-order valence-corrected chi connectivity index (χ2v) is 5.41. The first-order valence-corrected chi connectivity index (χ1v) is 7.26. The summed E-state index contributed by atoms with van der Waals surface area (Å²) in [5, 5.41) is 0.689. The molecular formula is C9H16N4O5S. The van der Waals surface area contributed by atoms with E-state index in [2.05, 4.69) is 9.28 Å². The van der Waals surface area contributed by atoms with Crippen LogP contribution in [0.4, 0.5) is 4.79 Å². The lowest BCUT2D eigenvalue weighted by atomic mass is 10.0. The molecule has 2 fully saturated rings. The highest BCUT2D eigenvalue weighted by Gasteiger charge is 2.48. The lowest BCUT2D eigenvalue weighted by molar-refractivity contribution is -0.0316. The number of urea groups is 1. The van der Waals surface area contributed by atoms with Gasteiger partial charge in [-0.1, -0.05) is 0 Å². The minimum absolute atomic E-state index is 0.305. The van der Waals surface area contributed by atoms with Crippen LogP contribution in [0.1, 0.15) is 19.8 Å². The topological polar surface area (TPSA) is 126 Å². The van der Waals surface area contributed by atoms with Gasteiger partial charge in [0.1, 0.15) is 5.84 Å². The van der Waals surface area contributed by atoms with Crippen LogP contribution in [0.2, 0.25) is 0 Å². The predicted molar refractivity (Wildman–Crippen MR) is 65.5 cm³/mol. The molecule has 9 nitrogen and oxygen atoms in total. The zero-order valence-corrected chi connectivity index (χ0v) is 11.2. The number of rotatable bonds is 4. The fourth-order valence-corrected chi connectivity index (χ4v) is 2.82. The number of aliphatic imine (C=N–C) groups is 1. The summed E-state index contributed by atoms with van der Waals surface area (Å²) in [6, 6.07) is -1.38. The summed E-state index contributed by atoms with van der Waals surface area (Å²) < 4.78 is 34.4. The van der Waals surface area contributed by atoms with E-state index >= 15 is 0 Å². The summed E-state index contributed by atoms with van der Waals surface area (Å²) in [6.45, 7) is 2.65. The molecular weight excluding hydrogens is 276 g/mol. The summed E-state index contributed by atoms with van der Waals surface area (Å²) in [4.78, 5) is 17.5. The Hall–Kier alpha value is -1.39. The summed E-state index contributed by atoms with van der Waals surface area (Å²) >= 11 is 0. The number of hydrogen-bond acceptors (Lipinski definition) is 5. The Balaban J connectivity index is 2.18. The van der Waals surface area contributed by atoms with E-state index in [4.69, 9.17) is 10.3 Å². The van der Waals surface area contributed by atoms with E-state index in [1.165, 1.54) is 4.90 Å². The number of piperidine rings is 1. The third-order valence-electron chi connectivity index (χ3n) is 3.18. The van der Waals surface area contributed by atoms with Crippen LogP contribution in [-0.2, 0) is 14.7 Å². The highest BCUT2D eigenvalue weighted by Crippen LogP contribution is 2.30. The molecule has 10 heteroatoms. The van der Waals surface area contributed by atoms with Crippen LogP contribution in [0.5, 0.6) is 0 Å². The zero-order chi connectivity index (χ0) is 14.2. The predicted octanol–water partition coefficient (Wildman–Crippen LogP) is -0.633. The number of hydrogen-bond donors (Lipinski definition) is 2. The minimum atomic E-state index is -4.71. The summed E-state index contributed by atoms with van der Waals surface area (Å²) in [5.41, 5.74) is 5.81. The second-order valence-electron chi connectivity index (χ2n) is 4.41. The molecule has 2 saturated heterocycles. The van der Waals surface area contributed by atoms with E-state index < -0.39 is 22.5 Å². The summed E-state index contributed by atoms with van der Waals surface area (Å²) in [7, 11) is -4.71. The van der Waals surface area contributed by atoms with Crippen LogP contribution < -0.4 is 5.73 Å². The molecule has 0 aromatic rings. The molecule has 2 aliphatic rings. The Bertz CT molecular complexity index is 505. The van der Waals surface area contributed by atoms with Gasteiger partial charge in [-0.15, -0.1) is 4.28 Å². The molecule has 0 aromatic heterocycles.